The Kier molecular flexibility index (Phi) is 7.18. The topological polar surface area (TPSA) is 37.4 Å². The van der Waals surface area contributed by atoms with E-state index >= 15 is 0 Å². The van der Waals surface area contributed by atoms with Crippen LogP contribution in [0.3, 0.4) is 0 Å². The summed E-state index contributed by atoms with van der Waals surface area (Å²) in [5, 5.41) is 0. The van der Waals surface area contributed by atoms with Crippen molar-refractivity contribution in [1.29, 1.82) is 0 Å². The fourth-order valence-electron chi connectivity index (χ4n) is 3.01. The first-order valence-corrected chi connectivity index (χ1v) is 10.6. The lowest BCUT2D eigenvalue weighted by molar-refractivity contribution is 0.324. The van der Waals surface area contributed by atoms with E-state index in [0.717, 1.165) is 36.0 Å². The van der Waals surface area contributed by atoms with E-state index in [1.165, 1.54) is 0 Å². The summed E-state index contributed by atoms with van der Waals surface area (Å²) in [5.74, 6) is 0. The van der Waals surface area contributed by atoms with E-state index in [0.29, 0.717) is 11.4 Å². The predicted molar refractivity (Wildman–Crippen MR) is 108 cm³/mol. The molecular weight excluding hydrogens is 342 g/mol. The molecule has 0 N–H and O–H groups in total. The third-order valence-electron chi connectivity index (χ3n) is 4.56. The van der Waals surface area contributed by atoms with Gasteiger partial charge >= 0.3 is 0 Å². The molecule has 2 aromatic carbocycles. The van der Waals surface area contributed by atoms with Gasteiger partial charge in [0.15, 0.2) is 0 Å². The first-order valence-electron chi connectivity index (χ1n) is 9.14. The number of hydrogen-bond acceptors (Lipinski definition) is 2. The zero-order valence-electron chi connectivity index (χ0n) is 16.0. The monoisotopic (exact) mass is 371 g/mol. The standard InChI is InChI=1S/C22H29NO2S/c1-5-6-12-22(18(2)3)23(17-20-10-8-7-9-11-20)26(24,25)21-15-13-19(4)14-16-21/h7-11,13-16,22H,2,5-6,12,17H2,1,3-4H3. The predicted octanol–water partition coefficient (Wildman–Crippen LogP) is 5.32. The molecule has 2 aromatic rings. The number of unbranched alkanes of at least 4 members (excludes halogenated alkanes) is 1. The molecule has 1 atom stereocenters. The number of aryl methyl sites for hydroxylation is 1. The summed E-state index contributed by atoms with van der Waals surface area (Å²) in [5.41, 5.74) is 2.90. The summed E-state index contributed by atoms with van der Waals surface area (Å²) < 4.78 is 28.5. The summed E-state index contributed by atoms with van der Waals surface area (Å²) in [6.07, 6.45) is 2.77. The van der Waals surface area contributed by atoms with Crippen LogP contribution >= 0.6 is 0 Å². The Hall–Kier alpha value is -1.91. The van der Waals surface area contributed by atoms with Gasteiger partial charge in [-0.05, 0) is 38.0 Å². The molecule has 3 nitrogen and oxygen atoms in total. The molecule has 0 aliphatic heterocycles. The summed E-state index contributed by atoms with van der Waals surface area (Å²) in [7, 11) is -3.62. The summed E-state index contributed by atoms with van der Waals surface area (Å²) in [6, 6.07) is 16.6. The van der Waals surface area contributed by atoms with Gasteiger partial charge in [0, 0.05) is 12.6 Å². The molecule has 0 aromatic heterocycles. The lowest BCUT2D eigenvalue weighted by atomic mass is 10.0. The third-order valence-corrected chi connectivity index (χ3v) is 6.43. The van der Waals surface area contributed by atoms with Gasteiger partial charge in [0.1, 0.15) is 0 Å². The van der Waals surface area contributed by atoms with Crippen LogP contribution in [-0.4, -0.2) is 18.8 Å². The molecule has 4 heteroatoms. The van der Waals surface area contributed by atoms with E-state index < -0.39 is 10.0 Å². The molecule has 140 valence electrons. The Balaban J connectivity index is 2.47. The summed E-state index contributed by atoms with van der Waals surface area (Å²) in [6.45, 7) is 10.4. The van der Waals surface area contributed by atoms with E-state index in [2.05, 4.69) is 13.5 Å². The minimum atomic E-state index is -3.62. The molecule has 1 unspecified atom stereocenters. The Morgan fingerprint density at radius 3 is 2.23 bits per heavy atom. The van der Waals surface area contributed by atoms with Crippen LogP contribution in [0.5, 0.6) is 0 Å². The molecule has 26 heavy (non-hydrogen) atoms. The number of sulfonamides is 1. The highest BCUT2D eigenvalue weighted by atomic mass is 32.2. The van der Waals surface area contributed by atoms with Gasteiger partial charge in [-0.25, -0.2) is 8.42 Å². The fraction of sp³-hybridized carbons (Fsp3) is 0.364. The van der Waals surface area contributed by atoms with Crippen molar-refractivity contribution in [2.75, 3.05) is 0 Å². The van der Waals surface area contributed by atoms with Gasteiger partial charge in [0.05, 0.1) is 4.90 Å². The molecular formula is C22H29NO2S. The Labute approximate surface area is 158 Å². The number of nitrogens with zero attached hydrogens (tertiary/aromatic N) is 1. The minimum Gasteiger partial charge on any atom is -0.207 e. The Bertz CT molecular complexity index is 811. The second-order valence-corrected chi connectivity index (χ2v) is 8.74. The van der Waals surface area contributed by atoms with Crippen LogP contribution in [0, 0.1) is 6.92 Å². The maximum absolute atomic E-state index is 13.4. The zero-order chi connectivity index (χ0) is 19.2. The van der Waals surface area contributed by atoms with E-state index in [-0.39, 0.29) is 6.04 Å². The molecule has 0 fully saturated rings. The van der Waals surface area contributed by atoms with Gasteiger partial charge in [0.25, 0.3) is 0 Å². The van der Waals surface area contributed by atoms with Crippen molar-refractivity contribution in [2.24, 2.45) is 0 Å². The van der Waals surface area contributed by atoms with Crippen molar-refractivity contribution < 1.29 is 8.42 Å². The molecule has 0 aliphatic carbocycles. The molecule has 0 amide bonds. The largest absolute Gasteiger partial charge is 0.243 e. The number of benzene rings is 2. The lowest BCUT2D eigenvalue weighted by Crippen LogP contribution is -2.40. The normalized spacial score (nSPS) is 12.9. The maximum atomic E-state index is 13.4. The van der Waals surface area contributed by atoms with Crippen LogP contribution in [0.15, 0.2) is 71.6 Å². The van der Waals surface area contributed by atoms with Crippen molar-refractivity contribution in [1.82, 2.24) is 4.31 Å². The quantitative estimate of drug-likeness (QED) is 0.559. The van der Waals surface area contributed by atoms with Gasteiger partial charge < -0.3 is 0 Å². The highest BCUT2D eigenvalue weighted by molar-refractivity contribution is 7.89. The van der Waals surface area contributed by atoms with Crippen molar-refractivity contribution in [3.8, 4) is 0 Å². The first-order chi connectivity index (χ1) is 12.4. The maximum Gasteiger partial charge on any atom is 0.243 e. The van der Waals surface area contributed by atoms with Crippen molar-refractivity contribution in [3.05, 3.63) is 77.9 Å². The van der Waals surface area contributed by atoms with Gasteiger partial charge in [0.2, 0.25) is 10.0 Å². The molecule has 0 heterocycles. The molecule has 0 bridgehead atoms. The number of rotatable bonds is 9. The summed E-state index contributed by atoms with van der Waals surface area (Å²) in [4.78, 5) is 0.335. The smallest absolute Gasteiger partial charge is 0.207 e. The van der Waals surface area contributed by atoms with Gasteiger partial charge in [-0.2, -0.15) is 4.31 Å². The van der Waals surface area contributed by atoms with Crippen LogP contribution in [-0.2, 0) is 16.6 Å². The van der Waals surface area contributed by atoms with Crippen LogP contribution in [0.2, 0.25) is 0 Å². The molecule has 0 saturated carbocycles. The molecule has 0 saturated heterocycles. The Morgan fingerprint density at radius 2 is 1.69 bits per heavy atom. The van der Waals surface area contributed by atoms with Gasteiger partial charge in [-0.3, -0.25) is 0 Å². The second-order valence-electron chi connectivity index (χ2n) is 6.85. The molecule has 0 aliphatic rings. The van der Waals surface area contributed by atoms with E-state index in [1.807, 2.05) is 56.3 Å². The van der Waals surface area contributed by atoms with E-state index in [1.54, 1.807) is 16.4 Å². The highest BCUT2D eigenvalue weighted by Gasteiger charge is 2.31. The first kappa shape index (κ1) is 20.4. The molecule has 0 radical (unpaired) electrons. The third kappa shape index (κ3) is 5.05. The lowest BCUT2D eigenvalue weighted by Gasteiger charge is -2.31. The average molecular weight is 372 g/mol. The van der Waals surface area contributed by atoms with Crippen LogP contribution < -0.4 is 0 Å². The minimum absolute atomic E-state index is 0.207. The Morgan fingerprint density at radius 1 is 1.08 bits per heavy atom. The highest BCUT2D eigenvalue weighted by Crippen LogP contribution is 2.27. The van der Waals surface area contributed by atoms with E-state index in [9.17, 15) is 8.42 Å². The second kappa shape index (κ2) is 9.15. The van der Waals surface area contributed by atoms with Crippen molar-refractivity contribution in [3.63, 3.8) is 0 Å². The van der Waals surface area contributed by atoms with E-state index in [4.69, 9.17) is 0 Å². The van der Waals surface area contributed by atoms with Crippen molar-refractivity contribution >= 4 is 10.0 Å². The zero-order valence-corrected chi connectivity index (χ0v) is 16.8. The van der Waals surface area contributed by atoms with Crippen LogP contribution in [0.4, 0.5) is 0 Å². The molecule has 0 spiro atoms. The summed E-state index contributed by atoms with van der Waals surface area (Å²) >= 11 is 0. The average Bonchev–Trinajstić information content (AvgIpc) is 2.62. The SMILES string of the molecule is C=C(C)C(CCCC)N(Cc1ccccc1)S(=O)(=O)c1ccc(C)cc1. The van der Waals surface area contributed by atoms with Gasteiger partial charge in [-0.1, -0.05) is 79.9 Å². The van der Waals surface area contributed by atoms with Crippen molar-refractivity contribution in [2.45, 2.75) is 57.5 Å². The van der Waals surface area contributed by atoms with Crippen LogP contribution in [0.25, 0.3) is 0 Å². The van der Waals surface area contributed by atoms with Gasteiger partial charge in [-0.15, -0.1) is 0 Å². The molecule has 2 rings (SSSR count). The fourth-order valence-corrected chi connectivity index (χ4v) is 4.70. The number of hydrogen-bond donors (Lipinski definition) is 0. The van der Waals surface area contributed by atoms with Crippen LogP contribution in [0.1, 0.15) is 44.2 Å².